The van der Waals surface area contributed by atoms with Crippen molar-refractivity contribution in [3.05, 3.63) is 130 Å². The molecule has 0 nitrogen and oxygen atoms in total. The van der Waals surface area contributed by atoms with E-state index in [1.807, 2.05) is 0 Å². The van der Waals surface area contributed by atoms with Gasteiger partial charge in [0.1, 0.15) is 0 Å². The molecule has 0 aliphatic heterocycles. The van der Waals surface area contributed by atoms with E-state index in [1.54, 1.807) is 11.1 Å². The molecule has 2 heteroatoms. The van der Waals surface area contributed by atoms with Gasteiger partial charge in [-0.1, -0.05) is 0 Å². The number of rotatable bonds is 9. The second kappa shape index (κ2) is 11.2. The van der Waals surface area contributed by atoms with Crippen LogP contribution in [0, 0.1) is 0 Å². The zero-order valence-corrected chi connectivity index (χ0v) is 37.3. The first-order chi connectivity index (χ1) is 22.7. The van der Waals surface area contributed by atoms with Crippen LogP contribution in [-0.4, -0.2) is 6.94 Å². The van der Waals surface area contributed by atoms with Crippen molar-refractivity contribution in [1.29, 1.82) is 0 Å². The molecule has 2 unspecified atom stereocenters. The van der Waals surface area contributed by atoms with Crippen LogP contribution in [-0.2, 0) is 25.0 Å². The fraction of sp³-hybridized carbons (Fsp3) is 0.404. The van der Waals surface area contributed by atoms with Gasteiger partial charge in [-0.05, 0) is 0 Å². The van der Waals surface area contributed by atoms with Crippen LogP contribution in [0.3, 0.4) is 0 Å². The number of hydrogen-bond acceptors (Lipinski definition) is 0. The summed E-state index contributed by atoms with van der Waals surface area (Å²) in [5.74, 6) is 0. The summed E-state index contributed by atoms with van der Waals surface area (Å²) in [6.07, 6.45) is 15.5. The van der Waals surface area contributed by atoms with Crippen LogP contribution in [0.2, 0.25) is 18.2 Å². The molecule has 0 spiro atoms. The molecule has 2 atom stereocenters. The molecule has 2 aliphatic rings. The second-order valence-electron chi connectivity index (χ2n) is 21.3. The van der Waals surface area contributed by atoms with Gasteiger partial charge in [0, 0.05) is 0 Å². The maximum atomic E-state index is 2.86. The van der Waals surface area contributed by atoms with Crippen LogP contribution in [0.5, 0.6) is 0 Å². The minimum absolute atomic E-state index is 0.148. The summed E-state index contributed by atoms with van der Waals surface area (Å²) in [4.78, 5) is 0. The minimum atomic E-state index is -4.99. The maximum absolute atomic E-state index is 4.99. The Morgan fingerprint density at radius 3 is 1.33 bits per heavy atom. The van der Waals surface area contributed by atoms with Crippen molar-refractivity contribution in [2.24, 2.45) is 0 Å². The molecule has 258 valence electrons. The van der Waals surface area contributed by atoms with Crippen molar-refractivity contribution < 1.29 is 14.2 Å². The first kappa shape index (κ1) is 36.2. The van der Waals surface area contributed by atoms with Crippen molar-refractivity contribution in [1.82, 2.24) is 0 Å². The quantitative estimate of drug-likeness (QED) is 0.116. The Morgan fingerprint density at radius 2 is 0.959 bits per heavy atom. The van der Waals surface area contributed by atoms with Gasteiger partial charge in [0.2, 0.25) is 0 Å². The monoisotopic (exact) mass is 834 g/mol. The summed E-state index contributed by atoms with van der Waals surface area (Å²) >= 11 is -4.99. The average molecular weight is 834 g/mol. The summed E-state index contributed by atoms with van der Waals surface area (Å²) < 4.78 is 10.7. The van der Waals surface area contributed by atoms with Crippen LogP contribution >= 0.6 is 0 Å². The third-order valence-electron chi connectivity index (χ3n) is 13.3. The Bertz CT molecular complexity index is 1950. The van der Waals surface area contributed by atoms with Crippen LogP contribution in [0.1, 0.15) is 115 Å². The van der Waals surface area contributed by atoms with Gasteiger partial charge in [0.15, 0.2) is 0 Å². The van der Waals surface area contributed by atoms with Crippen LogP contribution in [0.4, 0.5) is 0 Å². The van der Waals surface area contributed by atoms with E-state index in [9.17, 15) is 0 Å². The normalized spacial score (nSPS) is 19.5. The molecule has 0 radical (unpaired) electrons. The number of benzene rings is 4. The fourth-order valence-corrected chi connectivity index (χ4v) is 49.0. The molecule has 4 aromatic rings. The molecule has 0 amide bonds. The molecule has 49 heavy (non-hydrogen) atoms. The Morgan fingerprint density at radius 1 is 0.551 bits per heavy atom. The molecule has 0 bridgehead atoms. The zero-order valence-electron chi connectivity index (χ0n) is 32.3. The standard InChI is InChI=1S/2C19H19.C6H13.3CH3.Hf.H2Si/c2*1-19(2,3)16-12-10-15(11-13-16)18-9-5-7-14-6-4-8-17(14)18;1-3-5-6-4-2;;;;;/h2*4-13H,1-3H3;1,3-6H2,2H3;3*1H3;;1H2. The molecule has 0 heterocycles. The SMILES string of the molecule is CCCCC[CH2][Hf]([CH3])([CH3])([CH3])(=[SiH2])([CH]1C=Cc2c(-c3ccc(C(C)(C)C)cc3)cccc21)[CH]1C=Cc2c(-c3ccc(C(C)(C)C)cc3)cccc21. The van der Waals surface area contributed by atoms with Crippen molar-refractivity contribution in [3.63, 3.8) is 0 Å². The van der Waals surface area contributed by atoms with Gasteiger partial charge in [0.25, 0.3) is 0 Å². The summed E-state index contributed by atoms with van der Waals surface area (Å²) in [7, 11) is 0. The summed E-state index contributed by atoms with van der Waals surface area (Å²) in [5, 5.41) is 0. The third-order valence-corrected chi connectivity index (χ3v) is 59.4. The summed E-state index contributed by atoms with van der Waals surface area (Å²) in [6, 6.07) is 33.1. The Kier molecular flexibility index (Phi) is 8.30. The van der Waals surface area contributed by atoms with E-state index in [2.05, 4.69) is 179 Å². The topological polar surface area (TPSA) is 0 Å². The molecule has 0 N–H and O–H groups in total. The van der Waals surface area contributed by atoms with E-state index >= 15 is 0 Å². The number of unbranched alkanes of at least 4 members (excludes halogenated alkanes) is 3. The average Bonchev–Trinajstić information content (AvgIpc) is 3.70. The van der Waals surface area contributed by atoms with Gasteiger partial charge >= 0.3 is 297 Å². The molecule has 0 saturated heterocycles. The van der Waals surface area contributed by atoms with Crippen LogP contribution in [0.25, 0.3) is 34.4 Å². The van der Waals surface area contributed by atoms with Gasteiger partial charge in [-0.2, -0.15) is 0 Å². The Labute approximate surface area is 294 Å². The van der Waals surface area contributed by atoms with Gasteiger partial charge < -0.3 is 0 Å². The second-order valence-corrected chi connectivity index (χ2v) is 103. The Balaban J connectivity index is 1.50. The molecular weight excluding hydrogens is 771 g/mol. The third kappa shape index (κ3) is 6.22. The van der Waals surface area contributed by atoms with E-state index < -0.39 is 14.2 Å². The van der Waals surface area contributed by atoms with E-state index in [4.69, 9.17) is 0 Å². The van der Waals surface area contributed by atoms with Gasteiger partial charge in [-0.15, -0.1) is 0 Å². The molecule has 6 rings (SSSR count). The van der Waals surface area contributed by atoms with Gasteiger partial charge in [-0.25, -0.2) is 0 Å². The van der Waals surface area contributed by atoms with Crippen molar-refractivity contribution in [2.45, 2.75) is 111 Å². The Hall–Kier alpha value is -2.55. The number of hydrogen-bond donors (Lipinski definition) is 0. The summed E-state index contributed by atoms with van der Waals surface area (Å²) in [5.41, 5.74) is 14.4. The zero-order chi connectivity index (χ0) is 35.6. The van der Waals surface area contributed by atoms with E-state index in [0.29, 0.717) is 7.35 Å². The predicted molar refractivity (Wildman–Crippen MR) is 220 cm³/mol. The molecule has 2 aliphatic carbocycles. The van der Waals surface area contributed by atoms with Crippen molar-refractivity contribution >= 4 is 19.1 Å². The number of allylic oxidation sites excluding steroid dienone is 2. The molecular formula is C47H62HfSi. The number of fused-ring (bicyclic) bond motifs is 2. The van der Waals surface area contributed by atoms with Crippen LogP contribution in [0.15, 0.2) is 97.1 Å². The molecule has 4 aromatic carbocycles. The van der Waals surface area contributed by atoms with Crippen molar-refractivity contribution in [2.75, 3.05) is 0 Å². The van der Waals surface area contributed by atoms with E-state index in [-0.39, 0.29) is 10.8 Å². The molecule has 0 fully saturated rings. The van der Waals surface area contributed by atoms with Crippen molar-refractivity contribution in [3.8, 4) is 22.3 Å². The van der Waals surface area contributed by atoms with E-state index in [1.165, 1.54) is 74.4 Å². The first-order valence-electron chi connectivity index (χ1n) is 19.1. The summed E-state index contributed by atoms with van der Waals surface area (Å²) in [6.45, 7) is 18.7. The van der Waals surface area contributed by atoms with Gasteiger partial charge in [0.05, 0.1) is 0 Å². The van der Waals surface area contributed by atoms with Crippen LogP contribution < -0.4 is 0 Å². The fourth-order valence-electron chi connectivity index (χ4n) is 9.90. The van der Waals surface area contributed by atoms with Gasteiger partial charge in [-0.3, -0.25) is 0 Å². The van der Waals surface area contributed by atoms with E-state index in [0.717, 1.165) is 0 Å². The molecule has 0 saturated carbocycles. The predicted octanol–water partition coefficient (Wildman–Crippen LogP) is 13.9. The first-order valence-corrected chi connectivity index (χ1v) is 44.9. The molecule has 0 aromatic heterocycles.